The summed E-state index contributed by atoms with van der Waals surface area (Å²) >= 11 is 6.11. The molecule has 0 bridgehead atoms. The summed E-state index contributed by atoms with van der Waals surface area (Å²) in [6.45, 7) is 2.78. The topological polar surface area (TPSA) is 23.4 Å². The SMILES string of the molecule is COCCOCCn1ccc2c(Cl)cccc21. The van der Waals surface area contributed by atoms with E-state index in [0.717, 1.165) is 22.5 Å². The molecule has 1 heterocycles. The van der Waals surface area contributed by atoms with Gasteiger partial charge in [-0.05, 0) is 18.2 Å². The Labute approximate surface area is 106 Å². The molecule has 0 saturated heterocycles. The van der Waals surface area contributed by atoms with Crippen molar-refractivity contribution < 1.29 is 9.47 Å². The molecule has 0 unspecified atom stereocenters. The fourth-order valence-corrected chi connectivity index (χ4v) is 2.02. The molecule has 4 heteroatoms. The zero-order valence-corrected chi connectivity index (χ0v) is 10.6. The highest BCUT2D eigenvalue weighted by Gasteiger charge is 2.03. The summed E-state index contributed by atoms with van der Waals surface area (Å²) in [5, 5.41) is 1.88. The summed E-state index contributed by atoms with van der Waals surface area (Å²) in [6, 6.07) is 7.97. The molecule has 0 atom stereocenters. The van der Waals surface area contributed by atoms with E-state index < -0.39 is 0 Å². The molecule has 17 heavy (non-hydrogen) atoms. The molecule has 0 spiro atoms. The van der Waals surface area contributed by atoms with Crippen molar-refractivity contribution in [2.75, 3.05) is 26.9 Å². The number of hydrogen-bond acceptors (Lipinski definition) is 2. The van der Waals surface area contributed by atoms with E-state index in [4.69, 9.17) is 21.1 Å². The van der Waals surface area contributed by atoms with Gasteiger partial charge in [0.1, 0.15) is 0 Å². The van der Waals surface area contributed by atoms with E-state index in [0.29, 0.717) is 19.8 Å². The zero-order chi connectivity index (χ0) is 12.1. The maximum atomic E-state index is 6.11. The second-order valence-corrected chi connectivity index (χ2v) is 4.19. The van der Waals surface area contributed by atoms with Crippen LogP contribution >= 0.6 is 11.6 Å². The highest BCUT2D eigenvalue weighted by molar-refractivity contribution is 6.35. The average molecular weight is 254 g/mol. The van der Waals surface area contributed by atoms with Gasteiger partial charge in [-0.15, -0.1) is 0 Å². The van der Waals surface area contributed by atoms with Gasteiger partial charge in [-0.25, -0.2) is 0 Å². The molecule has 0 fully saturated rings. The van der Waals surface area contributed by atoms with Crippen molar-refractivity contribution in [2.45, 2.75) is 6.54 Å². The van der Waals surface area contributed by atoms with E-state index in [1.165, 1.54) is 0 Å². The maximum absolute atomic E-state index is 6.11. The van der Waals surface area contributed by atoms with E-state index in [-0.39, 0.29) is 0 Å². The fraction of sp³-hybridized carbons (Fsp3) is 0.385. The van der Waals surface area contributed by atoms with Gasteiger partial charge < -0.3 is 14.0 Å². The van der Waals surface area contributed by atoms with E-state index >= 15 is 0 Å². The van der Waals surface area contributed by atoms with Crippen LogP contribution in [0.4, 0.5) is 0 Å². The lowest BCUT2D eigenvalue weighted by Crippen LogP contribution is -2.08. The van der Waals surface area contributed by atoms with Crippen molar-refractivity contribution in [3.63, 3.8) is 0 Å². The first kappa shape index (κ1) is 12.4. The summed E-state index contributed by atoms with van der Waals surface area (Å²) < 4.78 is 12.5. The van der Waals surface area contributed by atoms with E-state index in [9.17, 15) is 0 Å². The molecule has 0 aliphatic heterocycles. The number of nitrogens with zero attached hydrogens (tertiary/aromatic N) is 1. The largest absolute Gasteiger partial charge is 0.382 e. The summed E-state index contributed by atoms with van der Waals surface area (Å²) in [5.74, 6) is 0. The van der Waals surface area contributed by atoms with Gasteiger partial charge in [0.15, 0.2) is 0 Å². The maximum Gasteiger partial charge on any atom is 0.0701 e. The molecule has 1 aromatic carbocycles. The summed E-state index contributed by atoms with van der Waals surface area (Å²) in [5.41, 5.74) is 1.15. The van der Waals surface area contributed by atoms with Crippen LogP contribution in [0.2, 0.25) is 5.02 Å². The molecule has 0 radical (unpaired) electrons. The van der Waals surface area contributed by atoms with Crippen LogP contribution in [0.3, 0.4) is 0 Å². The smallest absolute Gasteiger partial charge is 0.0701 e. The first-order valence-electron chi connectivity index (χ1n) is 5.63. The Morgan fingerprint density at radius 3 is 2.88 bits per heavy atom. The van der Waals surface area contributed by atoms with Gasteiger partial charge in [-0.1, -0.05) is 17.7 Å². The lowest BCUT2D eigenvalue weighted by molar-refractivity contribution is 0.0670. The van der Waals surface area contributed by atoms with Gasteiger partial charge in [0.2, 0.25) is 0 Å². The van der Waals surface area contributed by atoms with Gasteiger partial charge in [0.25, 0.3) is 0 Å². The Morgan fingerprint density at radius 1 is 1.18 bits per heavy atom. The minimum absolute atomic E-state index is 0.635. The minimum Gasteiger partial charge on any atom is -0.382 e. The van der Waals surface area contributed by atoms with E-state index in [2.05, 4.69) is 10.6 Å². The molecular formula is C13H16ClNO2. The van der Waals surface area contributed by atoms with Crippen LogP contribution in [-0.2, 0) is 16.0 Å². The molecule has 0 aliphatic rings. The van der Waals surface area contributed by atoms with Crippen molar-refractivity contribution in [2.24, 2.45) is 0 Å². The molecule has 92 valence electrons. The Morgan fingerprint density at radius 2 is 2.06 bits per heavy atom. The van der Waals surface area contributed by atoms with E-state index in [1.54, 1.807) is 7.11 Å². The highest BCUT2D eigenvalue weighted by Crippen LogP contribution is 2.23. The van der Waals surface area contributed by atoms with Crippen molar-refractivity contribution in [3.05, 3.63) is 35.5 Å². The van der Waals surface area contributed by atoms with Gasteiger partial charge in [-0.2, -0.15) is 0 Å². The Bertz CT molecular complexity index is 481. The number of aromatic nitrogens is 1. The van der Waals surface area contributed by atoms with Crippen LogP contribution in [0.5, 0.6) is 0 Å². The van der Waals surface area contributed by atoms with Crippen molar-refractivity contribution in [1.82, 2.24) is 4.57 Å². The summed E-state index contributed by atoms with van der Waals surface area (Å²) in [4.78, 5) is 0. The monoisotopic (exact) mass is 253 g/mol. The number of methoxy groups -OCH3 is 1. The summed E-state index contributed by atoms with van der Waals surface area (Å²) in [6.07, 6.45) is 2.04. The number of rotatable bonds is 6. The van der Waals surface area contributed by atoms with Crippen molar-refractivity contribution in [3.8, 4) is 0 Å². The standard InChI is InChI=1S/C13H16ClNO2/c1-16-9-10-17-8-7-15-6-5-11-12(14)3-2-4-13(11)15/h2-6H,7-10H2,1H3. The van der Waals surface area contributed by atoms with Crippen LogP contribution in [0.15, 0.2) is 30.5 Å². The second-order valence-electron chi connectivity index (χ2n) is 3.79. The number of benzene rings is 1. The number of fused-ring (bicyclic) bond motifs is 1. The Balaban J connectivity index is 1.97. The van der Waals surface area contributed by atoms with E-state index in [1.807, 2.05) is 24.4 Å². The Hall–Kier alpha value is -1.03. The highest BCUT2D eigenvalue weighted by atomic mass is 35.5. The third-order valence-electron chi connectivity index (χ3n) is 2.67. The third-order valence-corrected chi connectivity index (χ3v) is 3.00. The first-order valence-corrected chi connectivity index (χ1v) is 6.01. The molecule has 0 amide bonds. The average Bonchev–Trinajstić information content (AvgIpc) is 2.74. The fourth-order valence-electron chi connectivity index (χ4n) is 1.79. The lowest BCUT2D eigenvalue weighted by Gasteiger charge is -2.06. The predicted octanol–water partition coefficient (Wildman–Crippen LogP) is 2.96. The molecule has 0 N–H and O–H groups in total. The minimum atomic E-state index is 0.635. The zero-order valence-electron chi connectivity index (χ0n) is 9.86. The first-order chi connectivity index (χ1) is 8.33. The van der Waals surface area contributed by atoms with Crippen LogP contribution in [0.1, 0.15) is 0 Å². The molecule has 0 aliphatic carbocycles. The number of ether oxygens (including phenoxy) is 2. The van der Waals surface area contributed by atoms with Gasteiger partial charge in [0.05, 0.1) is 19.8 Å². The molecule has 0 saturated carbocycles. The predicted molar refractivity (Wildman–Crippen MR) is 69.6 cm³/mol. The Kier molecular flexibility index (Phi) is 4.42. The van der Waals surface area contributed by atoms with Gasteiger partial charge in [0, 0.05) is 35.8 Å². The van der Waals surface area contributed by atoms with Gasteiger partial charge in [-0.3, -0.25) is 0 Å². The summed E-state index contributed by atoms with van der Waals surface area (Å²) in [7, 11) is 1.67. The van der Waals surface area contributed by atoms with Crippen molar-refractivity contribution in [1.29, 1.82) is 0 Å². The lowest BCUT2D eigenvalue weighted by atomic mass is 10.2. The van der Waals surface area contributed by atoms with Gasteiger partial charge >= 0.3 is 0 Å². The third kappa shape index (κ3) is 3.00. The second kappa shape index (κ2) is 6.05. The molecular weight excluding hydrogens is 238 g/mol. The molecule has 2 rings (SSSR count). The quantitative estimate of drug-likeness (QED) is 0.739. The normalized spacial score (nSPS) is 11.2. The van der Waals surface area contributed by atoms with Crippen LogP contribution in [0.25, 0.3) is 10.9 Å². The van der Waals surface area contributed by atoms with Crippen LogP contribution in [-0.4, -0.2) is 31.5 Å². The van der Waals surface area contributed by atoms with Crippen molar-refractivity contribution >= 4 is 22.5 Å². The molecule has 1 aromatic heterocycles. The number of halogens is 1. The molecule has 2 aromatic rings. The van der Waals surface area contributed by atoms with Crippen LogP contribution < -0.4 is 0 Å². The number of hydrogen-bond donors (Lipinski definition) is 0. The van der Waals surface area contributed by atoms with Crippen LogP contribution in [0, 0.1) is 0 Å². The molecule has 3 nitrogen and oxygen atoms in total.